The number of nitrogens with one attached hydrogen (secondary N) is 1. The molecule has 1 unspecified atom stereocenters. The van der Waals surface area contributed by atoms with Crippen LogP contribution in [0.3, 0.4) is 0 Å². The van der Waals surface area contributed by atoms with Gasteiger partial charge < -0.3 is 5.32 Å². The average molecular weight is 455 g/mol. The van der Waals surface area contributed by atoms with E-state index in [1.54, 1.807) is 36.0 Å². The van der Waals surface area contributed by atoms with Gasteiger partial charge in [-0.1, -0.05) is 49.7 Å². The average Bonchev–Trinajstić information content (AvgIpc) is 2.70. The van der Waals surface area contributed by atoms with Gasteiger partial charge in [0.15, 0.2) is 0 Å². The number of benzene rings is 2. The lowest BCUT2D eigenvalue weighted by Crippen LogP contribution is -2.30. The molecule has 2 aromatic rings. The molecule has 0 aliphatic heterocycles. The summed E-state index contributed by atoms with van der Waals surface area (Å²) in [5.74, 6) is 0.570. The Labute approximate surface area is 182 Å². The summed E-state index contributed by atoms with van der Waals surface area (Å²) in [6.45, 7) is 6.37. The Hall–Kier alpha value is -1.54. The summed E-state index contributed by atoms with van der Waals surface area (Å²) in [5.41, 5.74) is 0.857. The molecule has 0 spiro atoms. The van der Waals surface area contributed by atoms with E-state index in [1.807, 2.05) is 45.0 Å². The lowest BCUT2D eigenvalue weighted by atomic mass is 10.1. The summed E-state index contributed by atoms with van der Waals surface area (Å²) in [6, 6.07) is 14.0. The van der Waals surface area contributed by atoms with Crippen molar-refractivity contribution in [2.45, 2.75) is 43.0 Å². The summed E-state index contributed by atoms with van der Waals surface area (Å²) in [6.07, 6.45) is 0.370. The molecule has 0 aliphatic rings. The van der Waals surface area contributed by atoms with Crippen molar-refractivity contribution in [3.8, 4) is 0 Å². The number of sulfonamides is 1. The third-order valence-electron chi connectivity index (χ3n) is 4.52. The second kappa shape index (κ2) is 11.0. The summed E-state index contributed by atoms with van der Waals surface area (Å²) in [7, 11) is -3.48. The van der Waals surface area contributed by atoms with Crippen LogP contribution in [0.1, 0.15) is 38.8 Å². The van der Waals surface area contributed by atoms with E-state index in [4.69, 9.17) is 11.6 Å². The molecule has 1 atom stereocenters. The Morgan fingerprint density at radius 1 is 1.10 bits per heavy atom. The van der Waals surface area contributed by atoms with Crippen LogP contribution in [0.25, 0.3) is 0 Å². The van der Waals surface area contributed by atoms with Crippen LogP contribution in [0.5, 0.6) is 0 Å². The molecule has 2 rings (SSSR count). The van der Waals surface area contributed by atoms with Gasteiger partial charge >= 0.3 is 0 Å². The van der Waals surface area contributed by atoms with Crippen LogP contribution in [-0.4, -0.2) is 37.5 Å². The Balaban J connectivity index is 1.91. The van der Waals surface area contributed by atoms with Crippen LogP contribution < -0.4 is 5.32 Å². The molecule has 0 saturated heterocycles. The monoisotopic (exact) mass is 454 g/mol. The maximum absolute atomic E-state index is 12.6. The lowest BCUT2D eigenvalue weighted by molar-refractivity contribution is -0.121. The highest BCUT2D eigenvalue weighted by Gasteiger charge is 2.21. The number of carbonyl (C=O) groups excluding carboxylic acids is 1. The van der Waals surface area contributed by atoms with Gasteiger partial charge in [-0.3, -0.25) is 4.79 Å². The minimum absolute atomic E-state index is 0.0584. The summed E-state index contributed by atoms with van der Waals surface area (Å²) >= 11 is 7.67. The second-order valence-electron chi connectivity index (χ2n) is 6.48. The first-order chi connectivity index (χ1) is 13.8. The minimum atomic E-state index is -3.48. The van der Waals surface area contributed by atoms with Crippen molar-refractivity contribution in [1.29, 1.82) is 0 Å². The Kier molecular flexibility index (Phi) is 9.02. The third-order valence-corrected chi connectivity index (χ3v) is 8.11. The molecule has 0 fully saturated rings. The molecule has 0 bridgehead atoms. The van der Waals surface area contributed by atoms with E-state index in [9.17, 15) is 13.2 Å². The van der Waals surface area contributed by atoms with Crippen LogP contribution in [0.2, 0.25) is 5.02 Å². The third kappa shape index (κ3) is 6.47. The molecule has 1 N–H and O–H groups in total. The zero-order valence-electron chi connectivity index (χ0n) is 16.9. The van der Waals surface area contributed by atoms with Crippen molar-refractivity contribution >= 4 is 39.3 Å². The number of hydrogen-bond acceptors (Lipinski definition) is 4. The van der Waals surface area contributed by atoms with Crippen LogP contribution in [0.15, 0.2) is 58.3 Å². The zero-order valence-corrected chi connectivity index (χ0v) is 19.3. The molecular weight excluding hydrogens is 428 g/mol. The largest absolute Gasteiger partial charge is 0.350 e. The van der Waals surface area contributed by atoms with E-state index in [0.29, 0.717) is 30.3 Å². The molecule has 5 nitrogen and oxygen atoms in total. The second-order valence-corrected chi connectivity index (χ2v) is 9.96. The highest BCUT2D eigenvalue weighted by Crippen LogP contribution is 2.27. The van der Waals surface area contributed by atoms with Gasteiger partial charge in [0.1, 0.15) is 0 Å². The van der Waals surface area contributed by atoms with Gasteiger partial charge in [0.25, 0.3) is 0 Å². The standard InChI is InChI=1S/C21H27ClN2O3S2/c1-4-24(5-2)29(26,27)18-12-10-17(11-13-18)16(3)23-21(25)14-15-28-20-9-7-6-8-19(20)22/h6-13,16H,4-5,14-15H2,1-3H3,(H,23,25). The number of halogens is 1. The highest BCUT2D eigenvalue weighted by atomic mass is 35.5. The van der Waals surface area contributed by atoms with Crippen molar-refractivity contribution in [2.24, 2.45) is 0 Å². The first kappa shape index (κ1) is 23.7. The van der Waals surface area contributed by atoms with Gasteiger partial charge in [0, 0.05) is 30.2 Å². The fourth-order valence-electron chi connectivity index (χ4n) is 2.85. The maximum atomic E-state index is 12.6. The van der Waals surface area contributed by atoms with E-state index in [0.717, 1.165) is 10.5 Å². The van der Waals surface area contributed by atoms with Gasteiger partial charge in [-0.15, -0.1) is 11.8 Å². The fraction of sp³-hybridized carbons (Fsp3) is 0.381. The van der Waals surface area contributed by atoms with Crippen LogP contribution in [0.4, 0.5) is 0 Å². The Morgan fingerprint density at radius 2 is 1.72 bits per heavy atom. The normalized spacial score (nSPS) is 12.7. The highest BCUT2D eigenvalue weighted by molar-refractivity contribution is 7.99. The maximum Gasteiger partial charge on any atom is 0.243 e. The predicted molar refractivity (Wildman–Crippen MR) is 120 cm³/mol. The SMILES string of the molecule is CCN(CC)S(=O)(=O)c1ccc(C(C)NC(=O)CCSc2ccccc2Cl)cc1. The molecule has 0 aromatic heterocycles. The first-order valence-electron chi connectivity index (χ1n) is 9.56. The van der Waals surface area contributed by atoms with E-state index in [-0.39, 0.29) is 16.8 Å². The first-order valence-corrected chi connectivity index (χ1v) is 12.4. The molecule has 8 heteroatoms. The molecule has 0 saturated carbocycles. The molecule has 0 heterocycles. The van der Waals surface area contributed by atoms with Crippen molar-refractivity contribution in [2.75, 3.05) is 18.8 Å². The van der Waals surface area contributed by atoms with Gasteiger partial charge in [-0.2, -0.15) is 4.31 Å². The number of nitrogens with zero attached hydrogens (tertiary/aromatic N) is 1. The van der Waals surface area contributed by atoms with Crippen LogP contribution >= 0.6 is 23.4 Å². The van der Waals surface area contributed by atoms with Crippen molar-refractivity contribution in [3.05, 3.63) is 59.1 Å². The molecule has 1 amide bonds. The quantitative estimate of drug-likeness (QED) is 0.527. The van der Waals surface area contributed by atoms with Gasteiger partial charge in [0.05, 0.1) is 16.0 Å². The van der Waals surface area contributed by atoms with Gasteiger partial charge in [-0.05, 0) is 36.8 Å². The van der Waals surface area contributed by atoms with Crippen LogP contribution in [0, 0.1) is 0 Å². The fourth-order valence-corrected chi connectivity index (χ4v) is 5.50. The van der Waals surface area contributed by atoms with Crippen molar-refractivity contribution in [3.63, 3.8) is 0 Å². The summed E-state index contributed by atoms with van der Waals surface area (Å²) in [5, 5.41) is 3.64. The number of rotatable bonds is 10. The molecule has 158 valence electrons. The van der Waals surface area contributed by atoms with Gasteiger partial charge in [-0.25, -0.2) is 8.42 Å². The lowest BCUT2D eigenvalue weighted by Gasteiger charge is -2.19. The zero-order chi connectivity index (χ0) is 21.4. The van der Waals surface area contributed by atoms with E-state index in [1.165, 1.54) is 4.31 Å². The summed E-state index contributed by atoms with van der Waals surface area (Å²) in [4.78, 5) is 13.5. The Morgan fingerprint density at radius 3 is 2.31 bits per heavy atom. The van der Waals surface area contributed by atoms with Crippen molar-refractivity contribution in [1.82, 2.24) is 9.62 Å². The molecular formula is C21H27ClN2O3S2. The summed E-state index contributed by atoms with van der Waals surface area (Å²) < 4.78 is 26.5. The van der Waals surface area contributed by atoms with Gasteiger partial charge in [0.2, 0.25) is 15.9 Å². The van der Waals surface area contributed by atoms with E-state index < -0.39 is 10.0 Å². The predicted octanol–water partition coefficient (Wildman–Crippen LogP) is 4.73. The molecule has 29 heavy (non-hydrogen) atoms. The number of thioether (sulfide) groups is 1. The molecule has 0 radical (unpaired) electrons. The minimum Gasteiger partial charge on any atom is -0.350 e. The smallest absolute Gasteiger partial charge is 0.243 e. The van der Waals surface area contributed by atoms with E-state index in [2.05, 4.69) is 5.32 Å². The number of hydrogen-bond donors (Lipinski definition) is 1. The van der Waals surface area contributed by atoms with E-state index >= 15 is 0 Å². The van der Waals surface area contributed by atoms with Crippen molar-refractivity contribution < 1.29 is 13.2 Å². The number of carbonyl (C=O) groups is 1. The molecule has 2 aromatic carbocycles. The van der Waals surface area contributed by atoms with Crippen LogP contribution in [-0.2, 0) is 14.8 Å². The molecule has 0 aliphatic carbocycles. The topological polar surface area (TPSA) is 66.5 Å². The number of amides is 1. The Bertz CT molecular complexity index is 914.